The summed E-state index contributed by atoms with van der Waals surface area (Å²) in [5.41, 5.74) is 2.67. The smallest absolute Gasteiger partial charge is 0.0456 e. The van der Waals surface area contributed by atoms with Crippen LogP contribution in [0.2, 0.25) is 0 Å². The average molecular weight is 286 g/mol. The van der Waals surface area contributed by atoms with Gasteiger partial charge in [0.1, 0.15) is 0 Å². The second kappa shape index (κ2) is 8.89. The highest BCUT2D eigenvalue weighted by Crippen LogP contribution is 2.17. The molecule has 21 heavy (non-hydrogen) atoms. The molecule has 2 aromatic rings. The first-order valence-electron chi connectivity index (χ1n) is 8.59. The molecule has 0 spiro atoms. The Morgan fingerprint density at radius 2 is 1.90 bits per heavy atom. The SMILES string of the molecule is CCCCCCCC(C)NCCc1c[nH]c2ccccc12. The van der Waals surface area contributed by atoms with Crippen LogP contribution in [0.5, 0.6) is 0 Å². The maximum atomic E-state index is 3.66. The van der Waals surface area contributed by atoms with E-state index in [0.29, 0.717) is 6.04 Å². The lowest BCUT2D eigenvalue weighted by Crippen LogP contribution is -2.27. The molecular weight excluding hydrogens is 256 g/mol. The Kier molecular flexibility index (Phi) is 6.81. The topological polar surface area (TPSA) is 27.8 Å². The van der Waals surface area contributed by atoms with Crippen LogP contribution in [-0.2, 0) is 6.42 Å². The molecule has 0 bridgehead atoms. The van der Waals surface area contributed by atoms with Gasteiger partial charge < -0.3 is 10.3 Å². The monoisotopic (exact) mass is 286 g/mol. The van der Waals surface area contributed by atoms with Gasteiger partial charge >= 0.3 is 0 Å². The summed E-state index contributed by atoms with van der Waals surface area (Å²) in [6, 6.07) is 9.19. The van der Waals surface area contributed by atoms with E-state index in [9.17, 15) is 0 Å². The fraction of sp³-hybridized carbons (Fsp3) is 0.579. The van der Waals surface area contributed by atoms with Gasteiger partial charge in [0.25, 0.3) is 0 Å². The third kappa shape index (κ3) is 5.20. The molecule has 1 heterocycles. The number of fused-ring (bicyclic) bond motifs is 1. The van der Waals surface area contributed by atoms with E-state index in [2.05, 4.69) is 54.6 Å². The van der Waals surface area contributed by atoms with Crippen LogP contribution in [0, 0.1) is 0 Å². The van der Waals surface area contributed by atoms with Crippen LogP contribution in [0.1, 0.15) is 57.9 Å². The fourth-order valence-corrected chi connectivity index (χ4v) is 2.95. The number of nitrogens with one attached hydrogen (secondary N) is 2. The third-order valence-corrected chi connectivity index (χ3v) is 4.30. The van der Waals surface area contributed by atoms with Crippen LogP contribution >= 0.6 is 0 Å². The number of aromatic amines is 1. The minimum Gasteiger partial charge on any atom is -0.361 e. The molecule has 0 saturated heterocycles. The van der Waals surface area contributed by atoms with Crippen molar-refractivity contribution in [1.29, 1.82) is 0 Å². The van der Waals surface area contributed by atoms with Crippen molar-refractivity contribution in [3.05, 3.63) is 36.0 Å². The number of hydrogen-bond donors (Lipinski definition) is 2. The molecule has 0 aliphatic rings. The summed E-state index contributed by atoms with van der Waals surface area (Å²) >= 11 is 0. The van der Waals surface area contributed by atoms with E-state index in [1.165, 1.54) is 55.0 Å². The predicted molar refractivity (Wildman–Crippen MR) is 92.8 cm³/mol. The standard InChI is InChI=1S/C19H30N2/c1-3-4-5-6-7-10-16(2)20-14-13-17-15-21-19-12-9-8-11-18(17)19/h8-9,11-12,15-16,20-21H,3-7,10,13-14H2,1-2H3. The summed E-state index contributed by atoms with van der Waals surface area (Å²) in [6.45, 7) is 5.65. The van der Waals surface area contributed by atoms with Gasteiger partial charge in [0, 0.05) is 23.1 Å². The Labute approximate surface area is 129 Å². The quantitative estimate of drug-likeness (QED) is 0.588. The van der Waals surface area contributed by atoms with Crippen LogP contribution in [0.25, 0.3) is 10.9 Å². The molecule has 0 fully saturated rings. The Balaban J connectivity index is 1.65. The van der Waals surface area contributed by atoms with Gasteiger partial charge in [-0.3, -0.25) is 0 Å². The van der Waals surface area contributed by atoms with E-state index < -0.39 is 0 Å². The molecule has 0 aliphatic heterocycles. The maximum absolute atomic E-state index is 3.66. The Morgan fingerprint density at radius 1 is 1.10 bits per heavy atom. The van der Waals surface area contributed by atoms with Crippen LogP contribution < -0.4 is 5.32 Å². The molecule has 1 aromatic heterocycles. The summed E-state index contributed by atoms with van der Waals surface area (Å²) < 4.78 is 0. The number of H-pyrrole nitrogens is 1. The summed E-state index contributed by atoms with van der Waals surface area (Å²) in [5, 5.41) is 5.03. The van der Waals surface area contributed by atoms with E-state index in [4.69, 9.17) is 0 Å². The second-order valence-corrected chi connectivity index (χ2v) is 6.17. The van der Waals surface area contributed by atoms with Crippen LogP contribution in [0.4, 0.5) is 0 Å². The van der Waals surface area contributed by atoms with Gasteiger partial charge in [0.2, 0.25) is 0 Å². The summed E-state index contributed by atoms with van der Waals surface area (Å²) in [4.78, 5) is 3.35. The largest absolute Gasteiger partial charge is 0.361 e. The molecule has 2 heteroatoms. The lowest BCUT2D eigenvalue weighted by atomic mass is 10.1. The zero-order valence-corrected chi connectivity index (χ0v) is 13.6. The zero-order chi connectivity index (χ0) is 14.9. The Morgan fingerprint density at radius 3 is 2.76 bits per heavy atom. The molecule has 0 aliphatic carbocycles. The highest BCUT2D eigenvalue weighted by Gasteiger charge is 2.04. The first-order chi connectivity index (χ1) is 10.3. The number of para-hydroxylation sites is 1. The molecular formula is C19H30N2. The van der Waals surface area contributed by atoms with Gasteiger partial charge in [-0.25, -0.2) is 0 Å². The average Bonchev–Trinajstić information content (AvgIpc) is 2.91. The summed E-state index contributed by atoms with van der Waals surface area (Å²) in [6.07, 6.45) is 11.4. The molecule has 1 atom stereocenters. The Hall–Kier alpha value is -1.28. The number of unbranched alkanes of at least 4 members (excludes halogenated alkanes) is 4. The highest BCUT2D eigenvalue weighted by atomic mass is 14.9. The molecule has 0 amide bonds. The van der Waals surface area contributed by atoms with E-state index in [1.807, 2.05) is 0 Å². The molecule has 2 N–H and O–H groups in total. The first kappa shape index (κ1) is 16.1. The molecule has 0 saturated carbocycles. The molecule has 2 rings (SSSR count). The van der Waals surface area contributed by atoms with Gasteiger partial charge in [-0.05, 0) is 37.9 Å². The lowest BCUT2D eigenvalue weighted by molar-refractivity contribution is 0.483. The van der Waals surface area contributed by atoms with Crippen molar-refractivity contribution in [2.24, 2.45) is 0 Å². The molecule has 2 nitrogen and oxygen atoms in total. The molecule has 0 radical (unpaired) electrons. The number of hydrogen-bond acceptors (Lipinski definition) is 1. The van der Waals surface area contributed by atoms with Gasteiger partial charge in [0.15, 0.2) is 0 Å². The molecule has 1 unspecified atom stereocenters. The maximum Gasteiger partial charge on any atom is 0.0456 e. The van der Waals surface area contributed by atoms with Gasteiger partial charge in [-0.1, -0.05) is 57.2 Å². The van der Waals surface area contributed by atoms with Crippen molar-refractivity contribution in [1.82, 2.24) is 10.3 Å². The van der Waals surface area contributed by atoms with Crippen molar-refractivity contribution in [3.63, 3.8) is 0 Å². The van der Waals surface area contributed by atoms with Crippen molar-refractivity contribution < 1.29 is 0 Å². The normalized spacial score (nSPS) is 12.9. The number of rotatable bonds is 10. The lowest BCUT2D eigenvalue weighted by Gasteiger charge is -2.13. The Bertz CT molecular complexity index is 515. The van der Waals surface area contributed by atoms with E-state index in [-0.39, 0.29) is 0 Å². The zero-order valence-electron chi connectivity index (χ0n) is 13.6. The van der Waals surface area contributed by atoms with Crippen molar-refractivity contribution >= 4 is 10.9 Å². The summed E-state index contributed by atoms with van der Waals surface area (Å²) in [7, 11) is 0. The van der Waals surface area contributed by atoms with E-state index in [1.54, 1.807) is 0 Å². The van der Waals surface area contributed by atoms with Gasteiger partial charge in [0.05, 0.1) is 0 Å². The van der Waals surface area contributed by atoms with Crippen LogP contribution in [-0.4, -0.2) is 17.6 Å². The minimum atomic E-state index is 0.636. The van der Waals surface area contributed by atoms with Gasteiger partial charge in [-0.15, -0.1) is 0 Å². The number of benzene rings is 1. The van der Waals surface area contributed by atoms with Crippen molar-refractivity contribution in [3.8, 4) is 0 Å². The van der Waals surface area contributed by atoms with Crippen LogP contribution in [0.3, 0.4) is 0 Å². The van der Waals surface area contributed by atoms with Crippen LogP contribution in [0.15, 0.2) is 30.5 Å². The first-order valence-corrected chi connectivity index (χ1v) is 8.59. The number of aromatic nitrogens is 1. The van der Waals surface area contributed by atoms with E-state index in [0.717, 1.165) is 13.0 Å². The van der Waals surface area contributed by atoms with Crippen molar-refractivity contribution in [2.75, 3.05) is 6.54 Å². The second-order valence-electron chi connectivity index (χ2n) is 6.17. The summed E-state index contributed by atoms with van der Waals surface area (Å²) in [5.74, 6) is 0. The van der Waals surface area contributed by atoms with Crippen molar-refractivity contribution in [2.45, 2.75) is 64.8 Å². The molecule has 1 aromatic carbocycles. The third-order valence-electron chi connectivity index (χ3n) is 4.30. The molecule has 116 valence electrons. The predicted octanol–water partition coefficient (Wildman–Crippen LogP) is 5.05. The minimum absolute atomic E-state index is 0.636. The van der Waals surface area contributed by atoms with Gasteiger partial charge in [-0.2, -0.15) is 0 Å². The van der Waals surface area contributed by atoms with E-state index >= 15 is 0 Å². The fourth-order valence-electron chi connectivity index (χ4n) is 2.95. The highest BCUT2D eigenvalue weighted by molar-refractivity contribution is 5.83.